The predicted octanol–water partition coefficient (Wildman–Crippen LogP) is 3.27. The van der Waals surface area contributed by atoms with E-state index < -0.39 is 13.8 Å². The first-order chi connectivity index (χ1) is 14.6. The topological polar surface area (TPSA) is 90.3 Å². The van der Waals surface area contributed by atoms with Gasteiger partial charge >= 0.3 is 7.60 Å². The third kappa shape index (κ3) is 7.02. The Balaban J connectivity index is 1.56. The molecule has 2 aromatic rings. The van der Waals surface area contributed by atoms with Crippen LogP contribution < -0.4 is 4.74 Å². The Morgan fingerprint density at radius 3 is 2.58 bits per heavy atom. The maximum Gasteiger partial charge on any atom is 0.330 e. The molecular formula is C21H25ClFN2O5P. The number of hydrogen-bond acceptors (Lipinski definition) is 4. The molecule has 0 aromatic heterocycles. The Hall–Kier alpha value is -1.96. The number of benzene rings is 2. The van der Waals surface area contributed by atoms with Crippen molar-refractivity contribution in [2.75, 3.05) is 26.2 Å². The molecule has 2 aromatic carbocycles. The summed E-state index contributed by atoms with van der Waals surface area (Å²) >= 11 is 5.92. The number of nitrogens with zero attached hydrogens (tertiary/aromatic N) is 2. The van der Waals surface area contributed by atoms with E-state index in [0.717, 1.165) is 5.56 Å². The summed E-state index contributed by atoms with van der Waals surface area (Å²) in [6, 6.07) is 10.8. The summed E-state index contributed by atoms with van der Waals surface area (Å²) < 4.78 is 30.0. The summed E-state index contributed by atoms with van der Waals surface area (Å²) in [7, 11) is -4.32. The van der Waals surface area contributed by atoms with Crippen LogP contribution in [0.4, 0.5) is 4.39 Å². The fourth-order valence-corrected chi connectivity index (χ4v) is 4.54. The van der Waals surface area contributed by atoms with Crippen LogP contribution >= 0.6 is 19.2 Å². The number of halogens is 2. The number of rotatable bonds is 7. The number of carbonyl (C=O) groups excluding carboxylic acids is 1. The van der Waals surface area contributed by atoms with Gasteiger partial charge in [-0.25, -0.2) is 4.39 Å². The van der Waals surface area contributed by atoms with Crippen LogP contribution in [-0.2, 0) is 22.1 Å². The van der Waals surface area contributed by atoms with Crippen molar-refractivity contribution in [1.29, 1.82) is 0 Å². The molecule has 0 saturated carbocycles. The highest BCUT2D eigenvalue weighted by Gasteiger charge is 2.28. The van der Waals surface area contributed by atoms with Crippen LogP contribution in [0.1, 0.15) is 18.1 Å². The van der Waals surface area contributed by atoms with Crippen LogP contribution in [0.5, 0.6) is 5.75 Å². The highest BCUT2D eigenvalue weighted by Crippen LogP contribution is 2.42. The fourth-order valence-electron chi connectivity index (χ4n) is 3.65. The molecule has 10 heteroatoms. The van der Waals surface area contributed by atoms with Crippen molar-refractivity contribution in [2.24, 2.45) is 0 Å². The Kier molecular flexibility index (Phi) is 7.73. The summed E-state index contributed by atoms with van der Waals surface area (Å²) in [6.45, 7) is 4.28. The first-order valence-corrected chi connectivity index (χ1v) is 12.0. The molecule has 1 saturated heterocycles. The van der Waals surface area contributed by atoms with Gasteiger partial charge in [0, 0.05) is 42.8 Å². The smallest absolute Gasteiger partial charge is 0.330 e. The average molecular weight is 471 g/mol. The van der Waals surface area contributed by atoms with E-state index in [1.807, 2.05) is 6.92 Å². The summed E-state index contributed by atoms with van der Waals surface area (Å²) in [6.07, 6.45) is -0.518. The minimum atomic E-state index is -4.32. The van der Waals surface area contributed by atoms with E-state index in [2.05, 4.69) is 4.90 Å². The molecule has 168 valence electrons. The van der Waals surface area contributed by atoms with Crippen molar-refractivity contribution in [3.8, 4) is 5.75 Å². The van der Waals surface area contributed by atoms with Crippen molar-refractivity contribution in [3.05, 3.63) is 64.4 Å². The second-order valence-corrected chi connectivity index (χ2v) is 9.74. The van der Waals surface area contributed by atoms with E-state index in [1.165, 1.54) is 24.3 Å². The molecule has 0 radical (unpaired) electrons. The van der Waals surface area contributed by atoms with Crippen LogP contribution in [0.3, 0.4) is 0 Å². The molecule has 0 aliphatic carbocycles. The standard InChI is InChI=1S/C21H25ClFN2O5P/c1-15-11-24(12-16-2-5-19(23)6-3-16)8-9-25(15)21(26)13-30-20-7-4-18(22)10-17(20)14-31(27,28)29/h2-7,10,15H,8-9,11-14H2,1H3,(H2,27,28,29)/t15-/m1/s1. The lowest BCUT2D eigenvalue weighted by Crippen LogP contribution is -2.54. The molecule has 31 heavy (non-hydrogen) atoms. The number of piperazine rings is 1. The summed E-state index contributed by atoms with van der Waals surface area (Å²) in [4.78, 5) is 35.2. The highest BCUT2D eigenvalue weighted by atomic mass is 35.5. The van der Waals surface area contributed by atoms with Gasteiger partial charge in [-0.15, -0.1) is 0 Å². The highest BCUT2D eigenvalue weighted by molar-refractivity contribution is 7.50. The maximum absolute atomic E-state index is 13.1. The van der Waals surface area contributed by atoms with E-state index >= 15 is 0 Å². The van der Waals surface area contributed by atoms with Crippen LogP contribution in [0.15, 0.2) is 42.5 Å². The number of hydrogen-bond donors (Lipinski definition) is 2. The van der Waals surface area contributed by atoms with E-state index in [1.54, 1.807) is 23.1 Å². The minimum absolute atomic E-state index is 0.0370. The van der Waals surface area contributed by atoms with Crippen LogP contribution in [0.25, 0.3) is 0 Å². The Morgan fingerprint density at radius 2 is 1.94 bits per heavy atom. The molecule has 1 aliphatic heterocycles. The zero-order valence-corrected chi connectivity index (χ0v) is 18.7. The van der Waals surface area contributed by atoms with Crippen LogP contribution in [0.2, 0.25) is 5.02 Å². The third-order valence-electron chi connectivity index (χ3n) is 5.10. The Morgan fingerprint density at radius 1 is 1.23 bits per heavy atom. The number of amides is 1. The quantitative estimate of drug-likeness (QED) is 0.604. The number of carbonyl (C=O) groups is 1. The van der Waals surface area contributed by atoms with Gasteiger partial charge < -0.3 is 19.4 Å². The van der Waals surface area contributed by atoms with Crippen LogP contribution in [-0.4, -0.2) is 57.8 Å². The molecule has 0 unspecified atom stereocenters. The zero-order chi connectivity index (χ0) is 22.6. The first kappa shape index (κ1) is 23.7. The molecule has 1 amide bonds. The van der Waals surface area contributed by atoms with Crippen molar-refractivity contribution < 1.29 is 28.3 Å². The van der Waals surface area contributed by atoms with Crippen molar-refractivity contribution >= 4 is 25.1 Å². The summed E-state index contributed by atoms with van der Waals surface area (Å²) in [5.41, 5.74) is 1.27. The van der Waals surface area contributed by atoms with Gasteiger partial charge in [-0.2, -0.15) is 0 Å². The molecule has 1 heterocycles. The van der Waals surface area contributed by atoms with E-state index in [9.17, 15) is 23.5 Å². The van der Waals surface area contributed by atoms with Gasteiger partial charge in [-0.3, -0.25) is 14.3 Å². The molecule has 3 rings (SSSR count). The second kappa shape index (κ2) is 10.1. The summed E-state index contributed by atoms with van der Waals surface area (Å²) in [5.74, 6) is -0.244. The Labute approximate surface area is 185 Å². The lowest BCUT2D eigenvalue weighted by molar-refractivity contribution is -0.138. The van der Waals surface area contributed by atoms with Gasteiger partial charge in [-0.05, 0) is 42.8 Å². The largest absolute Gasteiger partial charge is 0.483 e. The van der Waals surface area contributed by atoms with Gasteiger partial charge in [0.05, 0.1) is 6.16 Å². The molecular weight excluding hydrogens is 446 g/mol. The molecule has 0 spiro atoms. The molecule has 1 aliphatic rings. The van der Waals surface area contributed by atoms with E-state index in [0.29, 0.717) is 31.2 Å². The number of ether oxygens (including phenoxy) is 1. The minimum Gasteiger partial charge on any atom is -0.483 e. The maximum atomic E-state index is 13.1. The monoisotopic (exact) mass is 470 g/mol. The lowest BCUT2D eigenvalue weighted by Gasteiger charge is -2.39. The van der Waals surface area contributed by atoms with Crippen molar-refractivity contribution in [1.82, 2.24) is 9.80 Å². The predicted molar refractivity (Wildman–Crippen MR) is 116 cm³/mol. The van der Waals surface area contributed by atoms with Gasteiger partial charge in [0.1, 0.15) is 11.6 Å². The normalized spacial score (nSPS) is 17.6. The van der Waals surface area contributed by atoms with Gasteiger partial charge in [0.15, 0.2) is 6.61 Å². The van der Waals surface area contributed by atoms with E-state index in [-0.39, 0.29) is 35.7 Å². The molecule has 0 bridgehead atoms. The lowest BCUT2D eigenvalue weighted by atomic mass is 10.1. The van der Waals surface area contributed by atoms with Crippen molar-refractivity contribution in [2.45, 2.75) is 25.7 Å². The van der Waals surface area contributed by atoms with Crippen molar-refractivity contribution in [3.63, 3.8) is 0 Å². The second-order valence-electron chi connectivity index (χ2n) is 7.66. The molecule has 1 fully saturated rings. The average Bonchev–Trinajstić information content (AvgIpc) is 2.68. The SMILES string of the molecule is C[C@@H]1CN(Cc2ccc(F)cc2)CCN1C(=O)COc1ccc(Cl)cc1CP(=O)(O)O. The molecule has 2 N–H and O–H groups in total. The fraction of sp³-hybridized carbons (Fsp3) is 0.381. The first-order valence-electron chi connectivity index (χ1n) is 9.83. The molecule has 7 nitrogen and oxygen atoms in total. The van der Waals surface area contributed by atoms with E-state index in [4.69, 9.17) is 16.3 Å². The van der Waals surface area contributed by atoms with Gasteiger partial charge in [0.25, 0.3) is 5.91 Å². The van der Waals surface area contributed by atoms with Gasteiger partial charge in [-0.1, -0.05) is 23.7 Å². The molecule has 1 atom stereocenters. The third-order valence-corrected chi connectivity index (χ3v) is 6.09. The Bertz CT molecular complexity index is 969. The zero-order valence-electron chi connectivity index (χ0n) is 17.1. The van der Waals surface area contributed by atoms with Crippen LogP contribution in [0, 0.1) is 5.82 Å². The summed E-state index contributed by atoms with van der Waals surface area (Å²) in [5, 5.41) is 0.327. The van der Waals surface area contributed by atoms with Gasteiger partial charge in [0.2, 0.25) is 0 Å².